The van der Waals surface area contributed by atoms with Gasteiger partial charge in [0.15, 0.2) is 5.69 Å². The Morgan fingerprint density at radius 2 is 2.06 bits per heavy atom. The normalized spacial score (nSPS) is 16.6. The monoisotopic (exact) mass is 500 g/mol. The molecular weight excluding hydrogens is 480 g/mol. The highest BCUT2D eigenvalue weighted by molar-refractivity contribution is 6.31. The van der Waals surface area contributed by atoms with Crippen LogP contribution in [0.25, 0.3) is 10.9 Å². The highest BCUT2D eigenvalue weighted by Crippen LogP contribution is 2.36. The van der Waals surface area contributed by atoms with Crippen LogP contribution in [0.3, 0.4) is 0 Å². The van der Waals surface area contributed by atoms with Crippen molar-refractivity contribution in [1.82, 2.24) is 20.2 Å². The van der Waals surface area contributed by atoms with Crippen LogP contribution in [0.5, 0.6) is 0 Å². The minimum atomic E-state index is -4.64. The molecule has 176 valence electrons. The lowest BCUT2D eigenvalue weighted by Gasteiger charge is -2.36. The summed E-state index contributed by atoms with van der Waals surface area (Å²) in [6.45, 7) is 1.79. The molecule has 0 radical (unpaired) electrons. The van der Waals surface area contributed by atoms with Gasteiger partial charge in [-0.05, 0) is 42.3 Å². The van der Waals surface area contributed by atoms with Gasteiger partial charge in [-0.15, -0.1) is 0 Å². The Balaban J connectivity index is 1.51. The maximum Gasteiger partial charge on any atom is 0.434 e. The molecule has 1 atom stereocenters. The molecule has 2 amide bonds. The first-order valence-electron chi connectivity index (χ1n) is 10.2. The second-order valence-corrected chi connectivity index (χ2v) is 8.55. The quantitative estimate of drug-likeness (QED) is 0.398. The molecule has 1 aliphatic rings. The molecule has 0 fully saturated rings. The van der Waals surface area contributed by atoms with Gasteiger partial charge in [0.2, 0.25) is 0 Å². The van der Waals surface area contributed by atoms with Gasteiger partial charge < -0.3 is 21.4 Å². The van der Waals surface area contributed by atoms with Crippen LogP contribution < -0.4 is 16.4 Å². The number of H-pyrrole nitrogens is 1. The highest BCUT2D eigenvalue weighted by atomic mass is 35.5. The van der Waals surface area contributed by atoms with E-state index in [1.54, 1.807) is 6.07 Å². The van der Waals surface area contributed by atoms with E-state index in [-0.39, 0.29) is 18.4 Å². The molecule has 33 heavy (non-hydrogen) atoms. The van der Waals surface area contributed by atoms with Crippen LogP contribution in [0.15, 0.2) is 30.3 Å². The van der Waals surface area contributed by atoms with E-state index in [4.69, 9.17) is 28.9 Å². The van der Waals surface area contributed by atoms with E-state index in [9.17, 15) is 18.0 Å². The molecule has 2 aromatic heterocycles. The molecule has 3 heterocycles. The van der Waals surface area contributed by atoms with Crippen molar-refractivity contribution in [2.45, 2.75) is 18.6 Å². The second-order valence-electron chi connectivity index (χ2n) is 7.71. The number of nitrogens with zero attached hydrogens (tertiary/aromatic N) is 2. The number of pyridine rings is 1. The summed E-state index contributed by atoms with van der Waals surface area (Å²) >= 11 is 11.8. The van der Waals surface area contributed by atoms with Gasteiger partial charge in [0, 0.05) is 47.8 Å². The predicted molar refractivity (Wildman–Crippen MR) is 122 cm³/mol. The van der Waals surface area contributed by atoms with Gasteiger partial charge in [-0.3, -0.25) is 4.90 Å². The van der Waals surface area contributed by atoms with Gasteiger partial charge in [-0.1, -0.05) is 23.2 Å². The van der Waals surface area contributed by atoms with Crippen LogP contribution in [-0.2, 0) is 12.6 Å². The first-order valence-corrected chi connectivity index (χ1v) is 10.9. The number of hydrogen-bond acceptors (Lipinski definition) is 4. The molecule has 12 heteroatoms. The van der Waals surface area contributed by atoms with E-state index in [0.29, 0.717) is 24.7 Å². The van der Waals surface area contributed by atoms with Crippen molar-refractivity contribution >= 4 is 46.0 Å². The van der Waals surface area contributed by atoms with E-state index >= 15 is 0 Å². The van der Waals surface area contributed by atoms with Crippen molar-refractivity contribution in [1.29, 1.82) is 0 Å². The Labute approximate surface area is 197 Å². The van der Waals surface area contributed by atoms with Crippen LogP contribution in [0, 0.1) is 0 Å². The number of amides is 2. The molecule has 1 aromatic carbocycles. The number of alkyl halides is 3. The lowest BCUT2D eigenvalue weighted by molar-refractivity contribution is -0.141. The Morgan fingerprint density at radius 3 is 2.79 bits per heavy atom. The van der Waals surface area contributed by atoms with Crippen LogP contribution >= 0.6 is 23.2 Å². The summed E-state index contributed by atoms with van der Waals surface area (Å²) in [7, 11) is 0. The Kier molecular flexibility index (Phi) is 6.60. The number of rotatable bonds is 6. The lowest BCUT2D eigenvalue weighted by Crippen LogP contribution is -2.45. The summed E-state index contributed by atoms with van der Waals surface area (Å²) in [6, 6.07) is 7.36. The number of benzene rings is 1. The zero-order valence-corrected chi connectivity index (χ0v) is 18.8. The van der Waals surface area contributed by atoms with Crippen molar-refractivity contribution in [3.63, 3.8) is 0 Å². The number of urea groups is 1. The molecule has 5 N–H and O–H groups in total. The third kappa shape index (κ3) is 5.13. The average Bonchev–Trinajstić information content (AvgIpc) is 3.11. The number of carbonyl (C=O) groups excluding carboxylic acids is 1. The Bertz CT molecular complexity index is 1180. The highest BCUT2D eigenvalue weighted by Gasteiger charge is 2.35. The molecule has 0 saturated heterocycles. The summed E-state index contributed by atoms with van der Waals surface area (Å²) in [6.07, 6.45) is -3.89. The number of primary amides is 1. The van der Waals surface area contributed by atoms with E-state index < -0.39 is 22.9 Å². The predicted octanol–water partition coefficient (Wildman–Crippen LogP) is 4.57. The maximum atomic E-state index is 13.1. The van der Waals surface area contributed by atoms with Gasteiger partial charge in [0.25, 0.3) is 0 Å². The molecule has 0 bridgehead atoms. The Hall–Kier alpha value is -2.69. The fourth-order valence-corrected chi connectivity index (χ4v) is 4.54. The second kappa shape index (κ2) is 9.28. The number of aromatic amines is 1. The Morgan fingerprint density at radius 1 is 1.27 bits per heavy atom. The zero-order valence-electron chi connectivity index (χ0n) is 17.3. The molecular formula is C21H21Cl2F3N6O. The van der Waals surface area contributed by atoms with Crippen molar-refractivity contribution < 1.29 is 18.0 Å². The van der Waals surface area contributed by atoms with Gasteiger partial charge in [0.1, 0.15) is 5.82 Å². The van der Waals surface area contributed by atoms with Crippen molar-refractivity contribution in [3.05, 3.63) is 57.3 Å². The lowest BCUT2D eigenvalue weighted by atomic mass is 9.97. The third-order valence-electron chi connectivity index (χ3n) is 5.61. The summed E-state index contributed by atoms with van der Waals surface area (Å²) in [4.78, 5) is 20.5. The molecule has 1 unspecified atom stereocenters. The topological polar surface area (TPSA) is 99.1 Å². The van der Waals surface area contributed by atoms with Gasteiger partial charge >= 0.3 is 12.2 Å². The van der Waals surface area contributed by atoms with Crippen LogP contribution in [0.4, 0.5) is 23.8 Å². The number of nitrogens with two attached hydrogens (primary N) is 1. The molecule has 0 aliphatic carbocycles. The van der Waals surface area contributed by atoms with Crippen LogP contribution in [0.1, 0.15) is 23.0 Å². The SMILES string of the molecule is NC(=O)NCC1c2[nH]c3ccc(Cl)cc3c2CCN1CCNc1ccc(Cl)c(C(F)(F)F)n1. The molecule has 1 aliphatic heterocycles. The summed E-state index contributed by atoms with van der Waals surface area (Å²) < 4.78 is 39.2. The molecule has 0 spiro atoms. The summed E-state index contributed by atoms with van der Waals surface area (Å²) in [5.74, 6) is 0.0801. The first kappa shape index (κ1) is 23.5. The van der Waals surface area contributed by atoms with Crippen molar-refractivity contribution in [3.8, 4) is 0 Å². The van der Waals surface area contributed by atoms with E-state index in [0.717, 1.165) is 28.6 Å². The van der Waals surface area contributed by atoms with Crippen LogP contribution in [0.2, 0.25) is 10.0 Å². The number of fused-ring (bicyclic) bond motifs is 3. The molecule has 4 rings (SSSR count). The van der Waals surface area contributed by atoms with Gasteiger partial charge in [-0.2, -0.15) is 13.2 Å². The van der Waals surface area contributed by atoms with Crippen molar-refractivity contribution in [2.24, 2.45) is 5.73 Å². The number of halogens is 5. The fraction of sp³-hybridized carbons (Fsp3) is 0.333. The number of carbonyl (C=O) groups is 1. The fourth-order valence-electron chi connectivity index (χ4n) is 4.15. The number of anilines is 1. The largest absolute Gasteiger partial charge is 0.434 e. The van der Waals surface area contributed by atoms with Gasteiger partial charge in [-0.25, -0.2) is 9.78 Å². The first-order chi connectivity index (χ1) is 15.6. The molecule has 7 nitrogen and oxygen atoms in total. The minimum Gasteiger partial charge on any atom is -0.369 e. The summed E-state index contributed by atoms with van der Waals surface area (Å²) in [5.41, 5.74) is 7.19. The summed E-state index contributed by atoms with van der Waals surface area (Å²) in [5, 5.41) is 6.80. The maximum absolute atomic E-state index is 13.1. The van der Waals surface area contributed by atoms with E-state index in [1.807, 2.05) is 12.1 Å². The molecule has 3 aromatic rings. The molecule has 0 saturated carbocycles. The van der Waals surface area contributed by atoms with Crippen LogP contribution in [-0.4, -0.2) is 47.1 Å². The third-order valence-corrected chi connectivity index (χ3v) is 6.15. The number of aromatic nitrogens is 2. The van der Waals surface area contributed by atoms with E-state index in [1.165, 1.54) is 12.1 Å². The number of hydrogen-bond donors (Lipinski definition) is 4. The smallest absolute Gasteiger partial charge is 0.369 e. The standard InChI is InChI=1S/C21H21Cl2F3N6O/c22-11-1-3-15-13(9-11)12-5-7-32(16(18(12)30-15)10-29-20(27)33)8-6-28-17-4-2-14(23)19(31-17)21(24,25)26/h1-4,9,16,30H,5-8,10H2,(H,28,31)(H3,27,29,33). The average molecular weight is 501 g/mol. The van der Waals surface area contributed by atoms with Gasteiger partial charge in [0.05, 0.1) is 11.1 Å². The van der Waals surface area contributed by atoms with Crippen molar-refractivity contribution in [2.75, 3.05) is 31.5 Å². The number of nitrogens with one attached hydrogen (secondary N) is 3. The minimum absolute atomic E-state index is 0.0801. The zero-order chi connectivity index (χ0) is 23.8. The van der Waals surface area contributed by atoms with E-state index in [2.05, 4.69) is 25.5 Å².